The Morgan fingerprint density at radius 3 is 2.42 bits per heavy atom. The smallest absolute Gasteiger partial charge is 0.355 e. The van der Waals surface area contributed by atoms with Crippen LogP contribution in [0, 0.1) is 0 Å². The van der Waals surface area contributed by atoms with Gasteiger partial charge in [-0.2, -0.15) is 13.2 Å². The third kappa shape index (κ3) is 6.90. The molecule has 0 aliphatic rings. The van der Waals surface area contributed by atoms with Crippen LogP contribution in [0.5, 0.6) is 0 Å². The highest BCUT2D eigenvalue weighted by atomic mass is 32.2. The maximum Gasteiger partial charge on any atom is 0.416 e. The number of hydrogen-bond donors (Lipinski definition) is 2. The Bertz CT molecular complexity index is 595. The van der Waals surface area contributed by atoms with Gasteiger partial charge in [-0.05, 0) is 38.5 Å². The van der Waals surface area contributed by atoms with Gasteiger partial charge in [0.15, 0.2) is 5.96 Å². The lowest BCUT2D eigenvalue weighted by atomic mass is 10.1. The number of guanidine groups is 1. The van der Waals surface area contributed by atoms with Gasteiger partial charge in [0.25, 0.3) is 0 Å². The van der Waals surface area contributed by atoms with Gasteiger partial charge in [-0.15, -0.1) is 0 Å². The standard InChI is InChI=1S/C16H24F3N3OS/c1-15(2,3)24(23)9-8-21-14(20-4)22-11-12-6-5-7-13(10-12)16(17,18)19/h5-7,10H,8-9,11H2,1-4H3,(H2,20,21,22). The SMILES string of the molecule is CN=C(NCCS(=O)C(C)(C)C)NCc1cccc(C(F)(F)F)c1. The number of alkyl halides is 3. The fourth-order valence-corrected chi connectivity index (χ4v) is 2.73. The van der Waals surface area contributed by atoms with Crippen molar-refractivity contribution < 1.29 is 17.4 Å². The minimum atomic E-state index is -4.35. The third-order valence-corrected chi connectivity index (χ3v) is 5.14. The van der Waals surface area contributed by atoms with Crippen LogP contribution in [0.1, 0.15) is 31.9 Å². The minimum absolute atomic E-state index is 0.214. The van der Waals surface area contributed by atoms with E-state index in [0.29, 0.717) is 23.8 Å². The third-order valence-electron chi connectivity index (χ3n) is 3.20. The summed E-state index contributed by atoms with van der Waals surface area (Å²) < 4.78 is 49.7. The van der Waals surface area contributed by atoms with E-state index in [-0.39, 0.29) is 11.3 Å². The summed E-state index contributed by atoms with van der Waals surface area (Å²) in [4.78, 5) is 4.01. The molecule has 2 N–H and O–H groups in total. The molecule has 0 fully saturated rings. The second-order valence-electron chi connectivity index (χ2n) is 6.21. The first-order chi connectivity index (χ1) is 11.0. The number of benzene rings is 1. The highest BCUT2D eigenvalue weighted by Gasteiger charge is 2.30. The molecule has 1 unspecified atom stereocenters. The lowest BCUT2D eigenvalue weighted by Gasteiger charge is -2.18. The molecule has 0 radical (unpaired) electrons. The summed E-state index contributed by atoms with van der Waals surface area (Å²) in [6, 6.07) is 5.14. The molecule has 0 aromatic heterocycles. The van der Waals surface area contributed by atoms with Gasteiger partial charge in [-0.1, -0.05) is 12.1 Å². The zero-order valence-electron chi connectivity index (χ0n) is 14.3. The first-order valence-electron chi connectivity index (χ1n) is 7.53. The average Bonchev–Trinajstić information content (AvgIpc) is 2.49. The second kappa shape index (κ2) is 8.50. The summed E-state index contributed by atoms with van der Waals surface area (Å²) in [6.07, 6.45) is -4.35. The molecular weight excluding hydrogens is 339 g/mol. The van der Waals surface area contributed by atoms with Crippen LogP contribution in [-0.2, 0) is 23.5 Å². The molecule has 1 aromatic rings. The van der Waals surface area contributed by atoms with Crippen LogP contribution in [0.3, 0.4) is 0 Å². The molecule has 4 nitrogen and oxygen atoms in total. The zero-order valence-corrected chi connectivity index (χ0v) is 15.1. The molecule has 0 amide bonds. The Balaban J connectivity index is 2.52. The van der Waals surface area contributed by atoms with Gasteiger partial charge in [-0.25, -0.2) is 0 Å². The van der Waals surface area contributed by atoms with Crippen molar-refractivity contribution in [3.63, 3.8) is 0 Å². The number of aliphatic imine (C=N–C) groups is 1. The topological polar surface area (TPSA) is 53.5 Å². The number of nitrogens with zero attached hydrogens (tertiary/aromatic N) is 1. The minimum Gasteiger partial charge on any atom is -0.355 e. The first kappa shape index (κ1) is 20.5. The van der Waals surface area contributed by atoms with E-state index >= 15 is 0 Å². The molecule has 0 aliphatic carbocycles. The van der Waals surface area contributed by atoms with Gasteiger partial charge in [0.05, 0.1) is 5.56 Å². The highest BCUT2D eigenvalue weighted by molar-refractivity contribution is 7.86. The summed E-state index contributed by atoms with van der Waals surface area (Å²) in [7, 11) is 0.593. The van der Waals surface area contributed by atoms with Gasteiger partial charge in [0.2, 0.25) is 0 Å². The van der Waals surface area contributed by atoms with Crippen molar-refractivity contribution in [3.05, 3.63) is 35.4 Å². The molecule has 0 saturated heterocycles. The number of hydrogen-bond acceptors (Lipinski definition) is 2. The monoisotopic (exact) mass is 363 g/mol. The van der Waals surface area contributed by atoms with Crippen LogP contribution in [0.2, 0.25) is 0 Å². The van der Waals surface area contributed by atoms with E-state index in [1.54, 1.807) is 13.1 Å². The molecule has 0 heterocycles. The molecule has 0 bridgehead atoms. The van der Waals surface area contributed by atoms with Crippen LogP contribution < -0.4 is 10.6 Å². The van der Waals surface area contributed by atoms with Crippen molar-refractivity contribution in [1.82, 2.24) is 10.6 Å². The Morgan fingerprint density at radius 1 is 1.21 bits per heavy atom. The van der Waals surface area contributed by atoms with E-state index in [9.17, 15) is 17.4 Å². The summed E-state index contributed by atoms with van der Waals surface area (Å²) >= 11 is 0. The molecular formula is C16H24F3N3OS. The number of nitrogens with one attached hydrogen (secondary N) is 2. The van der Waals surface area contributed by atoms with Crippen LogP contribution >= 0.6 is 0 Å². The van der Waals surface area contributed by atoms with Crippen LogP contribution in [-0.4, -0.2) is 34.3 Å². The molecule has 136 valence electrons. The van der Waals surface area contributed by atoms with E-state index in [0.717, 1.165) is 12.1 Å². The van der Waals surface area contributed by atoms with Gasteiger partial charge in [-0.3, -0.25) is 9.20 Å². The summed E-state index contributed by atoms with van der Waals surface area (Å²) in [6.45, 7) is 6.40. The van der Waals surface area contributed by atoms with Gasteiger partial charge < -0.3 is 10.6 Å². The van der Waals surface area contributed by atoms with E-state index in [1.165, 1.54) is 6.07 Å². The van der Waals surface area contributed by atoms with Crippen LogP contribution in [0.15, 0.2) is 29.3 Å². The van der Waals surface area contributed by atoms with Crippen LogP contribution in [0.25, 0.3) is 0 Å². The quantitative estimate of drug-likeness (QED) is 0.625. The van der Waals surface area contributed by atoms with Gasteiger partial charge >= 0.3 is 6.18 Å². The predicted molar refractivity (Wildman–Crippen MR) is 92.4 cm³/mol. The average molecular weight is 363 g/mol. The van der Waals surface area contributed by atoms with Gasteiger partial charge in [0, 0.05) is 41.4 Å². The Morgan fingerprint density at radius 2 is 1.88 bits per heavy atom. The first-order valence-corrected chi connectivity index (χ1v) is 8.85. The fourth-order valence-electron chi connectivity index (χ4n) is 1.83. The molecule has 1 aromatic carbocycles. The van der Waals surface area contributed by atoms with E-state index in [2.05, 4.69) is 15.6 Å². The van der Waals surface area contributed by atoms with Crippen molar-refractivity contribution in [2.45, 2.75) is 38.2 Å². The van der Waals surface area contributed by atoms with E-state index < -0.39 is 22.5 Å². The maximum absolute atomic E-state index is 12.7. The lowest BCUT2D eigenvalue weighted by Crippen LogP contribution is -2.40. The summed E-state index contributed by atoms with van der Waals surface area (Å²) in [5.41, 5.74) is -0.170. The Kier molecular flexibility index (Phi) is 7.26. The molecule has 0 spiro atoms. The van der Waals surface area contributed by atoms with Crippen molar-refractivity contribution in [2.75, 3.05) is 19.3 Å². The number of halogens is 3. The zero-order chi connectivity index (χ0) is 18.4. The summed E-state index contributed by atoms with van der Waals surface area (Å²) in [5, 5.41) is 5.96. The second-order valence-corrected chi connectivity index (χ2v) is 8.54. The summed E-state index contributed by atoms with van der Waals surface area (Å²) in [5.74, 6) is 0.923. The molecule has 24 heavy (non-hydrogen) atoms. The lowest BCUT2D eigenvalue weighted by molar-refractivity contribution is -0.137. The Labute approximate surface area is 143 Å². The number of rotatable bonds is 5. The van der Waals surface area contributed by atoms with Crippen molar-refractivity contribution >= 4 is 16.8 Å². The maximum atomic E-state index is 12.7. The highest BCUT2D eigenvalue weighted by Crippen LogP contribution is 2.29. The van der Waals surface area contributed by atoms with Crippen molar-refractivity contribution in [3.8, 4) is 0 Å². The molecule has 0 aliphatic heterocycles. The molecule has 8 heteroatoms. The van der Waals surface area contributed by atoms with Crippen LogP contribution in [0.4, 0.5) is 13.2 Å². The molecule has 0 saturated carbocycles. The van der Waals surface area contributed by atoms with E-state index in [1.807, 2.05) is 20.8 Å². The van der Waals surface area contributed by atoms with Gasteiger partial charge in [0.1, 0.15) is 0 Å². The van der Waals surface area contributed by atoms with Crippen molar-refractivity contribution in [1.29, 1.82) is 0 Å². The predicted octanol–water partition coefficient (Wildman–Crippen LogP) is 2.92. The molecule has 1 atom stereocenters. The van der Waals surface area contributed by atoms with E-state index in [4.69, 9.17) is 0 Å². The normalized spacial score (nSPS) is 14.4. The molecule has 1 rings (SSSR count). The fraction of sp³-hybridized carbons (Fsp3) is 0.562. The Hall–Kier alpha value is -1.57. The largest absolute Gasteiger partial charge is 0.416 e. The van der Waals surface area contributed by atoms with Crippen molar-refractivity contribution in [2.24, 2.45) is 4.99 Å².